The molecular formula is C25H37N5O2S. The zero-order valence-electron chi connectivity index (χ0n) is 20.4. The Kier molecular flexibility index (Phi) is 7.44. The van der Waals surface area contributed by atoms with Crippen molar-refractivity contribution in [3.63, 3.8) is 0 Å². The fraction of sp³-hybridized carbons (Fsp3) is 0.600. The molecule has 1 unspecified atom stereocenters. The third-order valence-corrected chi connectivity index (χ3v) is 7.31. The van der Waals surface area contributed by atoms with Crippen LogP contribution in [-0.4, -0.2) is 66.2 Å². The monoisotopic (exact) mass is 471 g/mol. The number of thiocarbonyl (C=S) groups is 1. The Balaban J connectivity index is 1.42. The molecule has 2 bridgehead atoms. The molecule has 0 amide bonds. The Morgan fingerprint density at radius 1 is 1.18 bits per heavy atom. The molecule has 0 radical (unpaired) electrons. The Morgan fingerprint density at radius 2 is 1.97 bits per heavy atom. The second kappa shape index (κ2) is 10.3. The van der Waals surface area contributed by atoms with Crippen molar-refractivity contribution in [2.75, 3.05) is 40.4 Å². The summed E-state index contributed by atoms with van der Waals surface area (Å²) in [5.41, 5.74) is 3.33. The largest absolute Gasteiger partial charge is 0.493 e. The molecular weight excluding hydrogens is 434 g/mol. The van der Waals surface area contributed by atoms with Gasteiger partial charge in [0, 0.05) is 49.9 Å². The molecule has 5 rings (SSSR count). The molecule has 1 aromatic carbocycles. The van der Waals surface area contributed by atoms with Gasteiger partial charge in [0.15, 0.2) is 16.6 Å². The third kappa shape index (κ3) is 5.27. The van der Waals surface area contributed by atoms with Crippen LogP contribution in [0, 0.1) is 11.8 Å². The highest BCUT2D eigenvalue weighted by molar-refractivity contribution is 7.80. The van der Waals surface area contributed by atoms with E-state index in [1.54, 1.807) is 14.2 Å². The number of aryl methyl sites for hydroxylation is 1. The number of nitrogens with zero attached hydrogens (tertiary/aromatic N) is 3. The number of benzene rings is 1. The summed E-state index contributed by atoms with van der Waals surface area (Å²) in [4.78, 5) is 2.63. The predicted octanol–water partition coefficient (Wildman–Crippen LogP) is 3.40. The van der Waals surface area contributed by atoms with Gasteiger partial charge in [0.05, 0.1) is 19.9 Å². The summed E-state index contributed by atoms with van der Waals surface area (Å²) in [5.74, 6) is 3.22. The van der Waals surface area contributed by atoms with Crippen molar-refractivity contribution in [1.82, 2.24) is 25.3 Å². The van der Waals surface area contributed by atoms with Crippen molar-refractivity contribution in [2.45, 2.75) is 38.6 Å². The number of piperidine rings is 3. The van der Waals surface area contributed by atoms with Crippen molar-refractivity contribution in [1.29, 1.82) is 0 Å². The van der Waals surface area contributed by atoms with Gasteiger partial charge in [0.2, 0.25) is 0 Å². The van der Waals surface area contributed by atoms with Crippen LogP contribution in [0.4, 0.5) is 0 Å². The lowest BCUT2D eigenvalue weighted by molar-refractivity contribution is 0.0303. The van der Waals surface area contributed by atoms with Crippen LogP contribution in [-0.2, 0) is 7.05 Å². The molecule has 3 fully saturated rings. The lowest BCUT2D eigenvalue weighted by Crippen LogP contribution is -2.56. The van der Waals surface area contributed by atoms with Gasteiger partial charge in [-0.15, -0.1) is 0 Å². The van der Waals surface area contributed by atoms with Crippen LogP contribution in [0.5, 0.6) is 11.5 Å². The Labute approximate surface area is 202 Å². The number of ether oxygens (including phenoxy) is 2. The second-order valence-corrected chi connectivity index (χ2v) is 10.1. The van der Waals surface area contributed by atoms with Crippen LogP contribution in [0.2, 0.25) is 0 Å². The lowest BCUT2D eigenvalue weighted by Gasteiger charge is -2.50. The van der Waals surface area contributed by atoms with Crippen LogP contribution >= 0.6 is 12.2 Å². The van der Waals surface area contributed by atoms with E-state index in [-0.39, 0.29) is 0 Å². The van der Waals surface area contributed by atoms with Gasteiger partial charge in [-0.1, -0.05) is 13.8 Å². The molecule has 0 aliphatic carbocycles. The van der Waals surface area contributed by atoms with Crippen LogP contribution in [0.25, 0.3) is 11.3 Å². The highest BCUT2D eigenvalue weighted by Crippen LogP contribution is 2.42. The molecule has 0 spiro atoms. The summed E-state index contributed by atoms with van der Waals surface area (Å²) in [5, 5.41) is 12.4. The highest BCUT2D eigenvalue weighted by atomic mass is 32.1. The van der Waals surface area contributed by atoms with E-state index in [4.69, 9.17) is 26.8 Å². The van der Waals surface area contributed by atoms with Gasteiger partial charge in [-0.05, 0) is 67.7 Å². The first kappa shape index (κ1) is 23.8. The van der Waals surface area contributed by atoms with E-state index in [9.17, 15) is 0 Å². The number of hydrogen-bond donors (Lipinski definition) is 2. The van der Waals surface area contributed by atoms with E-state index in [1.165, 1.54) is 25.1 Å². The molecule has 33 heavy (non-hydrogen) atoms. The SMILES string of the molecule is COc1ccc(-c2cc([C@H]3CN4CC[C@@H]3C[C@@H]4CNC(=S)NCC(C)C)n(C)n2)cc1OC. The number of hydrogen-bond acceptors (Lipinski definition) is 5. The maximum absolute atomic E-state index is 5.48. The van der Waals surface area contributed by atoms with Gasteiger partial charge in [0.1, 0.15) is 0 Å². The number of aromatic nitrogens is 2. The summed E-state index contributed by atoms with van der Waals surface area (Å²) in [6, 6.07) is 8.78. The first-order chi connectivity index (χ1) is 15.9. The average Bonchev–Trinajstić information content (AvgIpc) is 3.22. The van der Waals surface area contributed by atoms with E-state index in [0.717, 1.165) is 47.5 Å². The highest BCUT2D eigenvalue weighted by Gasteiger charge is 2.41. The van der Waals surface area contributed by atoms with Gasteiger partial charge in [-0.3, -0.25) is 9.58 Å². The number of nitrogens with one attached hydrogen (secondary N) is 2. The van der Waals surface area contributed by atoms with Crippen molar-refractivity contribution in [2.24, 2.45) is 18.9 Å². The lowest BCUT2D eigenvalue weighted by atomic mass is 9.74. The zero-order valence-corrected chi connectivity index (χ0v) is 21.2. The van der Waals surface area contributed by atoms with E-state index in [2.05, 4.69) is 47.2 Å². The van der Waals surface area contributed by atoms with Gasteiger partial charge >= 0.3 is 0 Å². The molecule has 3 aliphatic rings. The summed E-state index contributed by atoms with van der Waals surface area (Å²) >= 11 is 5.46. The summed E-state index contributed by atoms with van der Waals surface area (Å²) in [6.45, 7) is 8.45. The standard InChI is InChI=1S/C25H37N5O2S/c1-16(2)13-26-25(33)27-14-19-10-17-8-9-30(19)15-20(17)22-12-21(28-29(22)3)18-6-7-23(31-4)24(11-18)32-5/h6-7,11-12,16-17,19-20H,8-10,13-15H2,1-5H3,(H2,26,27,33)/t17-,19-,20+/m1/s1. The molecule has 3 aliphatic heterocycles. The van der Waals surface area contributed by atoms with E-state index >= 15 is 0 Å². The minimum absolute atomic E-state index is 0.507. The first-order valence-electron chi connectivity index (χ1n) is 11.9. The molecule has 4 atom stereocenters. The smallest absolute Gasteiger partial charge is 0.166 e. The summed E-state index contributed by atoms with van der Waals surface area (Å²) in [7, 11) is 5.38. The van der Waals surface area contributed by atoms with Gasteiger partial charge in [-0.25, -0.2) is 0 Å². The minimum atomic E-state index is 0.507. The Morgan fingerprint density at radius 3 is 2.64 bits per heavy atom. The van der Waals surface area contributed by atoms with Crippen molar-refractivity contribution in [3.8, 4) is 22.8 Å². The molecule has 7 nitrogen and oxygen atoms in total. The molecule has 2 aromatic rings. The second-order valence-electron chi connectivity index (χ2n) is 9.67. The maximum atomic E-state index is 5.48. The van der Waals surface area contributed by atoms with Gasteiger partial charge < -0.3 is 20.1 Å². The molecule has 4 heterocycles. The maximum Gasteiger partial charge on any atom is 0.166 e. The van der Waals surface area contributed by atoms with E-state index in [1.807, 2.05) is 18.2 Å². The van der Waals surface area contributed by atoms with Crippen LogP contribution in [0.3, 0.4) is 0 Å². The van der Waals surface area contributed by atoms with Crippen molar-refractivity contribution in [3.05, 3.63) is 30.0 Å². The summed E-state index contributed by atoms with van der Waals surface area (Å²) < 4.78 is 12.9. The minimum Gasteiger partial charge on any atom is -0.493 e. The van der Waals surface area contributed by atoms with Crippen molar-refractivity contribution < 1.29 is 9.47 Å². The van der Waals surface area contributed by atoms with Gasteiger partial charge in [-0.2, -0.15) is 5.10 Å². The Hall–Kier alpha value is -2.32. The fourth-order valence-electron chi connectivity index (χ4n) is 5.22. The van der Waals surface area contributed by atoms with Gasteiger partial charge in [0.25, 0.3) is 0 Å². The molecule has 0 saturated carbocycles. The topological polar surface area (TPSA) is 63.6 Å². The zero-order chi connectivity index (χ0) is 23.5. The van der Waals surface area contributed by atoms with Crippen molar-refractivity contribution >= 4 is 17.3 Å². The van der Waals surface area contributed by atoms with Crippen LogP contribution < -0.4 is 20.1 Å². The predicted molar refractivity (Wildman–Crippen MR) is 136 cm³/mol. The molecule has 2 N–H and O–H groups in total. The van der Waals surface area contributed by atoms with Crippen LogP contribution in [0.15, 0.2) is 24.3 Å². The number of fused-ring (bicyclic) bond motifs is 3. The summed E-state index contributed by atoms with van der Waals surface area (Å²) in [6.07, 6.45) is 2.44. The van der Waals surface area contributed by atoms with E-state index in [0.29, 0.717) is 23.8 Å². The Bertz CT molecular complexity index is 976. The third-order valence-electron chi connectivity index (χ3n) is 7.02. The van der Waals surface area contributed by atoms with E-state index < -0.39 is 0 Å². The first-order valence-corrected chi connectivity index (χ1v) is 12.3. The fourth-order valence-corrected chi connectivity index (χ4v) is 5.39. The number of rotatable bonds is 8. The molecule has 3 saturated heterocycles. The average molecular weight is 472 g/mol. The molecule has 180 valence electrons. The van der Waals surface area contributed by atoms with Crippen LogP contribution in [0.1, 0.15) is 38.3 Å². The normalized spacial score (nSPS) is 24.1. The molecule has 1 aromatic heterocycles. The molecule has 8 heteroatoms. The number of methoxy groups -OCH3 is 2. The quantitative estimate of drug-likeness (QED) is 0.572.